The van der Waals surface area contributed by atoms with Crippen molar-refractivity contribution in [2.45, 2.75) is 25.1 Å². The summed E-state index contributed by atoms with van der Waals surface area (Å²) in [6, 6.07) is 13.2. The average molecular weight is 289 g/mol. The van der Waals surface area contributed by atoms with Crippen molar-refractivity contribution in [1.82, 2.24) is 0 Å². The largest absolute Gasteiger partial charge is 0.0835 e. The van der Waals surface area contributed by atoms with E-state index in [1.54, 1.807) is 0 Å². The summed E-state index contributed by atoms with van der Waals surface area (Å²) in [5, 5.41) is 2.76. The number of hydrogen-bond donors (Lipinski definition) is 0. The molecule has 0 bridgehead atoms. The fraction of sp³-hybridized carbons (Fsp3) is 0.375. The molecule has 2 aromatic rings. The molecule has 1 saturated carbocycles. The molecule has 0 amide bonds. The van der Waals surface area contributed by atoms with Crippen LogP contribution in [-0.4, -0.2) is 0 Å². The lowest BCUT2D eigenvalue weighted by atomic mass is 9.95. The van der Waals surface area contributed by atoms with Crippen LogP contribution in [0.15, 0.2) is 36.4 Å². The average Bonchev–Trinajstić information content (AvgIpc) is 3.06. The molecule has 1 heteroatoms. The summed E-state index contributed by atoms with van der Waals surface area (Å²) in [4.78, 5) is 0.517. The number of halogens is 1. The van der Waals surface area contributed by atoms with E-state index in [1.807, 2.05) is 0 Å². The molecule has 17 heavy (non-hydrogen) atoms. The van der Waals surface area contributed by atoms with Crippen molar-refractivity contribution in [1.29, 1.82) is 0 Å². The molecule has 0 aromatic heterocycles. The Hall–Kier alpha value is -0.820. The van der Waals surface area contributed by atoms with Gasteiger partial charge in [0.2, 0.25) is 0 Å². The highest BCUT2D eigenvalue weighted by molar-refractivity contribution is 9.09. The minimum Gasteiger partial charge on any atom is -0.0835 e. The quantitative estimate of drug-likeness (QED) is 0.663. The van der Waals surface area contributed by atoms with Crippen LogP contribution < -0.4 is 0 Å². The van der Waals surface area contributed by atoms with Crippen LogP contribution >= 0.6 is 15.9 Å². The molecule has 3 unspecified atom stereocenters. The Kier molecular flexibility index (Phi) is 2.74. The van der Waals surface area contributed by atoms with Crippen LogP contribution in [0.2, 0.25) is 0 Å². The molecule has 0 heterocycles. The molecule has 0 saturated heterocycles. The van der Waals surface area contributed by atoms with Crippen molar-refractivity contribution in [3.05, 3.63) is 47.5 Å². The topological polar surface area (TPSA) is 0 Å². The van der Waals surface area contributed by atoms with Crippen LogP contribution in [0.4, 0.5) is 0 Å². The lowest BCUT2D eigenvalue weighted by Gasteiger charge is -2.16. The van der Waals surface area contributed by atoms with Gasteiger partial charge in [-0.15, -0.1) is 0 Å². The van der Waals surface area contributed by atoms with Crippen molar-refractivity contribution in [2.75, 3.05) is 0 Å². The predicted octanol–water partition coefficient (Wildman–Crippen LogP) is 5.24. The predicted molar refractivity (Wildman–Crippen MR) is 77.6 cm³/mol. The third-order valence-electron chi connectivity index (χ3n) is 4.01. The molecule has 0 radical (unpaired) electrons. The second-order valence-corrected chi connectivity index (χ2v) is 6.28. The summed E-state index contributed by atoms with van der Waals surface area (Å²) in [5.41, 5.74) is 2.90. The number of alkyl halides is 1. The van der Waals surface area contributed by atoms with E-state index < -0.39 is 0 Å². The number of fused-ring (bicyclic) bond motifs is 1. The first-order valence-electron chi connectivity index (χ1n) is 6.31. The molecule has 0 spiro atoms. The summed E-state index contributed by atoms with van der Waals surface area (Å²) in [5.74, 6) is 1.69. The van der Waals surface area contributed by atoms with Gasteiger partial charge in [0.05, 0.1) is 0 Å². The number of hydrogen-bond acceptors (Lipinski definition) is 0. The highest BCUT2D eigenvalue weighted by Gasteiger charge is 2.39. The normalized spacial score (nSPS) is 24.9. The van der Waals surface area contributed by atoms with E-state index >= 15 is 0 Å². The summed E-state index contributed by atoms with van der Waals surface area (Å²) in [6.07, 6.45) is 1.36. The zero-order chi connectivity index (χ0) is 12.0. The second kappa shape index (κ2) is 4.13. The molecule has 3 rings (SSSR count). The minimum absolute atomic E-state index is 0.517. The summed E-state index contributed by atoms with van der Waals surface area (Å²) < 4.78 is 0. The number of aryl methyl sites for hydroxylation is 1. The molecule has 3 atom stereocenters. The first-order valence-corrected chi connectivity index (χ1v) is 7.22. The van der Waals surface area contributed by atoms with Gasteiger partial charge in [0.15, 0.2) is 0 Å². The third-order valence-corrected chi connectivity index (χ3v) is 5.15. The van der Waals surface area contributed by atoms with Gasteiger partial charge in [-0.2, -0.15) is 0 Å². The molecule has 2 aromatic carbocycles. The molecule has 1 aliphatic rings. The van der Waals surface area contributed by atoms with E-state index in [1.165, 1.54) is 28.3 Å². The van der Waals surface area contributed by atoms with Gasteiger partial charge in [-0.1, -0.05) is 59.3 Å². The van der Waals surface area contributed by atoms with Gasteiger partial charge in [0, 0.05) is 4.83 Å². The monoisotopic (exact) mass is 288 g/mol. The summed E-state index contributed by atoms with van der Waals surface area (Å²) in [6.45, 7) is 4.57. The lowest BCUT2D eigenvalue weighted by Crippen LogP contribution is -1.98. The molecule has 1 aliphatic carbocycles. The summed E-state index contributed by atoms with van der Waals surface area (Å²) in [7, 11) is 0. The molecule has 88 valence electrons. The Balaban J connectivity index is 2.16. The standard InChI is InChI=1S/C16H17Br/c1-10-7-8-12-5-3-4-6-13(12)15(10)16(17)14-9-11(14)2/h3-8,11,14,16H,9H2,1-2H3. The Morgan fingerprint density at radius 1 is 1.18 bits per heavy atom. The van der Waals surface area contributed by atoms with Gasteiger partial charge in [0.25, 0.3) is 0 Å². The van der Waals surface area contributed by atoms with Crippen molar-refractivity contribution in [2.24, 2.45) is 11.8 Å². The Bertz CT molecular complexity index is 558. The minimum atomic E-state index is 0.517. The van der Waals surface area contributed by atoms with Gasteiger partial charge in [-0.05, 0) is 47.1 Å². The number of rotatable bonds is 2. The Labute approximate surface area is 111 Å². The maximum Gasteiger partial charge on any atom is 0.0434 e. The molecule has 0 N–H and O–H groups in total. The zero-order valence-electron chi connectivity index (χ0n) is 10.3. The van der Waals surface area contributed by atoms with Gasteiger partial charge in [0.1, 0.15) is 0 Å². The van der Waals surface area contributed by atoms with Gasteiger partial charge in [-0.25, -0.2) is 0 Å². The van der Waals surface area contributed by atoms with E-state index in [4.69, 9.17) is 0 Å². The van der Waals surface area contributed by atoms with Gasteiger partial charge < -0.3 is 0 Å². The van der Waals surface area contributed by atoms with Crippen LogP contribution in [0.3, 0.4) is 0 Å². The van der Waals surface area contributed by atoms with Crippen molar-refractivity contribution in [3.63, 3.8) is 0 Å². The fourth-order valence-corrected chi connectivity index (χ4v) is 4.09. The van der Waals surface area contributed by atoms with Crippen LogP contribution in [-0.2, 0) is 0 Å². The van der Waals surface area contributed by atoms with E-state index in [9.17, 15) is 0 Å². The molecule has 0 aliphatic heterocycles. The summed E-state index contributed by atoms with van der Waals surface area (Å²) >= 11 is 3.93. The van der Waals surface area contributed by atoms with E-state index in [2.05, 4.69) is 66.2 Å². The van der Waals surface area contributed by atoms with Crippen molar-refractivity contribution < 1.29 is 0 Å². The number of benzene rings is 2. The smallest absolute Gasteiger partial charge is 0.0434 e. The van der Waals surface area contributed by atoms with Crippen LogP contribution in [0.1, 0.15) is 29.3 Å². The maximum absolute atomic E-state index is 3.93. The van der Waals surface area contributed by atoms with Crippen LogP contribution in [0, 0.1) is 18.8 Å². The molecule has 0 nitrogen and oxygen atoms in total. The highest BCUT2D eigenvalue weighted by Crippen LogP contribution is 2.52. The SMILES string of the molecule is Cc1ccc2ccccc2c1C(Br)C1CC1C. The molecular formula is C16H17Br. The third kappa shape index (κ3) is 1.91. The maximum atomic E-state index is 3.93. The Morgan fingerprint density at radius 2 is 1.88 bits per heavy atom. The highest BCUT2D eigenvalue weighted by atomic mass is 79.9. The van der Waals surface area contributed by atoms with Crippen molar-refractivity contribution in [3.8, 4) is 0 Å². The first-order chi connectivity index (χ1) is 8.18. The van der Waals surface area contributed by atoms with Gasteiger partial charge in [-0.3, -0.25) is 0 Å². The van der Waals surface area contributed by atoms with Gasteiger partial charge >= 0.3 is 0 Å². The first kappa shape index (κ1) is 11.3. The van der Waals surface area contributed by atoms with E-state index in [-0.39, 0.29) is 0 Å². The van der Waals surface area contributed by atoms with E-state index in [0.29, 0.717) is 4.83 Å². The molecule has 1 fully saturated rings. The fourth-order valence-electron chi connectivity index (χ4n) is 2.74. The lowest BCUT2D eigenvalue weighted by molar-refractivity contribution is 0.741. The second-order valence-electron chi connectivity index (χ2n) is 5.30. The molecular weight excluding hydrogens is 272 g/mol. The van der Waals surface area contributed by atoms with E-state index in [0.717, 1.165) is 11.8 Å². The zero-order valence-corrected chi connectivity index (χ0v) is 11.9. The Morgan fingerprint density at radius 3 is 2.59 bits per heavy atom. The van der Waals surface area contributed by atoms with Crippen LogP contribution in [0.5, 0.6) is 0 Å². The van der Waals surface area contributed by atoms with Crippen molar-refractivity contribution >= 4 is 26.7 Å². The van der Waals surface area contributed by atoms with Crippen LogP contribution in [0.25, 0.3) is 10.8 Å².